The average molecular weight is 179 g/mol. The van der Waals surface area contributed by atoms with Crippen molar-refractivity contribution in [3.63, 3.8) is 0 Å². The molecular weight excluding hydrogens is 166 g/mol. The van der Waals surface area contributed by atoms with E-state index in [9.17, 15) is 5.11 Å². The first-order valence-corrected chi connectivity index (χ1v) is 4.43. The Labute approximate surface area is 77.3 Å². The molecule has 1 aliphatic rings. The summed E-state index contributed by atoms with van der Waals surface area (Å²) in [6.07, 6.45) is -0.112. The van der Waals surface area contributed by atoms with Gasteiger partial charge in [-0.2, -0.15) is 5.48 Å². The van der Waals surface area contributed by atoms with Crippen molar-refractivity contribution in [1.82, 2.24) is 5.48 Å². The summed E-state index contributed by atoms with van der Waals surface area (Å²) in [5.74, 6) is 0.686. The first kappa shape index (κ1) is 8.53. The quantitative estimate of drug-likeness (QED) is 0.683. The first-order chi connectivity index (χ1) is 6.20. The number of benzene rings is 1. The number of para-hydroxylation sites is 1. The lowest BCUT2D eigenvalue weighted by atomic mass is 9.99. The topological polar surface area (TPSA) is 54.7 Å². The smallest absolute Gasteiger partial charge is 0.180 e. The highest BCUT2D eigenvalue weighted by Crippen LogP contribution is 2.36. The zero-order valence-corrected chi connectivity index (χ0v) is 7.74. The summed E-state index contributed by atoms with van der Waals surface area (Å²) in [7, 11) is 0. The Morgan fingerprint density at radius 1 is 1.46 bits per heavy atom. The lowest BCUT2D eigenvalue weighted by Gasteiger charge is -2.09. The lowest BCUT2D eigenvalue weighted by molar-refractivity contribution is 0.367. The van der Waals surface area contributed by atoms with Crippen LogP contribution in [0.1, 0.15) is 37.1 Å². The third-order valence-corrected chi connectivity index (χ3v) is 2.24. The number of hydrogen-bond acceptors (Lipinski definition) is 3. The van der Waals surface area contributed by atoms with Crippen LogP contribution in [-0.4, -0.2) is 5.11 Å². The van der Waals surface area contributed by atoms with Gasteiger partial charge in [0, 0.05) is 5.56 Å². The Hall–Kier alpha value is -1.06. The summed E-state index contributed by atoms with van der Waals surface area (Å²) in [5.41, 5.74) is 4.49. The number of phenolic OH excluding ortho intramolecular Hbond substituents is 1. The Morgan fingerprint density at radius 2 is 2.15 bits per heavy atom. The highest BCUT2D eigenvalue weighted by molar-refractivity contribution is 5.43. The molecule has 13 heavy (non-hydrogen) atoms. The lowest BCUT2D eigenvalue weighted by Crippen LogP contribution is -1.93. The minimum Gasteiger partial charge on any atom is -0.507 e. The van der Waals surface area contributed by atoms with Crippen LogP contribution in [0, 0.1) is 0 Å². The standard InChI is InChI=1S/C10H13NO2/c1-6(2)7-4-3-5-8(9(7)12)10-11-13-10/h3-6,10-12H,1-2H3. The molecule has 3 heteroatoms. The maximum Gasteiger partial charge on any atom is 0.180 e. The second-order valence-electron chi connectivity index (χ2n) is 3.56. The van der Waals surface area contributed by atoms with Gasteiger partial charge in [-0.15, -0.1) is 0 Å². The van der Waals surface area contributed by atoms with E-state index in [4.69, 9.17) is 4.84 Å². The van der Waals surface area contributed by atoms with Crippen LogP contribution in [0.3, 0.4) is 0 Å². The molecule has 0 aromatic heterocycles. The van der Waals surface area contributed by atoms with Crippen molar-refractivity contribution in [1.29, 1.82) is 0 Å². The number of aromatic hydroxyl groups is 1. The van der Waals surface area contributed by atoms with E-state index < -0.39 is 0 Å². The zero-order valence-electron chi connectivity index (χ0n) is 7.74. The molecule has 1 aliphatic heterocycles. The van der Waals surface area contributed by atoms with Gasteiger partial charge in [-0.05, 0) is 11.5 Å². The summed E-state index contributed by atoms with van der Waals surface area (Å²) in [6, 6.07) is 5.74. The molecule has 1 aromatic rings. The highest BCUT2D eigenvalue weighted by atomic mass is 16.8. The van der Waals surface area contributed by atoms with Gasteiger partial charge >= 0.3 is 0 Å². The number of hydrogen-bond donors (Lipinski definition) is 2. The molecule has 0 radical (unpaired) electrons. The maximum absolute atomic E-state index is 9.85. The summed E-state index contributed by atoms with van der Waals surface area (Å²) in [4.78, 5) is 4.90. The van der Waals surface area contributed by atoms with E-state index >= 15 is 0 Å². The molecule has 2 rings (SSSR count). The maximum atomic E-state index is 9.85. The molecule has 0 spiro atoms. The van der Waals surface area contributed by atoms with Crippen molar-refractivity contribution in [2.45, 2.75) is 26.0 Å². The van der Waals surface area contributed by atoms with Gasteiger partial charge in [0.1, 0.15) is 5.75 Å². The van der Waals surface area contributed by atoms with Crippen molar-refractivity contribution in [3.8, 4) is 5.75 Å². The number of rotatable bonds is 2. The number of hydroxylamine groups is 1. The molecule has 0 bridgehead atoms. The molecule has 1 atom stereocenters. The largest absolute Gasteiger partial charge is 0.507 e. The van der Waals surface area contributed by atoms with E-state index in [2.05, 4.69) is 19.3 Å². The van der Waals surface area contributed by atoms with Crippen LogP contribution < -0.4 is 5.48 Å². The van der Waals surface area contributed by atoms with Gasteiger partial charge in [0.2, 0.25) is 0 Å². The fraction of sp³-hybridized carbons (Fsp3) is 0.400. The minimum atomic E-state index is -0.112. The molecule has 1 heterocycles. The monoisotopic (exact) mass is 179 g/mol. The molecule has 3 nitrogen and oxygen atoms in total. The molecule has 70 valence electrons. The Bertz CT molecular complexity index is 298. The molecule has 1 saturated heterocycles. The minimum absolute atomic E-state index is 0.112. The first-order valence-electron chi connectivity index (χ1n) is 4.43. The van der Waals surface area contributed by atoms with E-state index in [0.29, 0.717) is 11.7 Å². The second kappa shape index (κ2) is 3.01. The van der Waals surface area contributed by atoms with Crippen LogP contribution in [0.5, 0.6) is 5.75 Å². The summed E-state index contributed by atoms with van der Waals surface area (Å²) < 4.78 is 0. The van der Waals surface area contributed by atoms with Crippen LogP contribution in [0.2, 0.25) is 0 Å². The predicted octanol–water partition coefficient (Wildman–Crippen LogP) is 2.05. The fourth-order valence-electron chi connectivity index (χ4n) is 1.42. The van der Waals surface area contributed by atoms with Gasteiger partial charge < -0.3 is 5.11 Å². The molecular formula is C10H13NO2. The summed E-state index contributed by atoms with van der Waals surface area (Å²) in [6.45, 7) is 4.11. The molecule has 0 saturated carbocycles. The van der Waals surface area contributed by atoms with E-state index in [0.717, 1.165) is 11.1 Å². The van der Waals surface area contributed by atoms with Gasteiger partial charge in [0.15, 0.2) is 6.23 Å². The van der Waals surface area contributed by atoms with Gasteiger partial charge in [-0.3, -0.25) is 4.84 Å². The predicted molar refractivity (Wildman–Crippen MR) is 49.2 cm³/mol. The van der Waals surface area contributed by atoms with Gasteiger partial charge in [-0.1, -0.05) is 32.0 Å². The Kier molecular flexibility index (Phi) is 1.98. The normalized spacial score (nSPS) is 20.7. The number of phenols is 1. The van der Waals surface area contributed by atoms with Crippen LogP contribution in [0.4, 0.5) is 0 Å². The van der Waals surface area contributed by atoms with Crippen molar-refractivity contribution in [3.05, 3.63) is 29.3 Å². The molecule has 1 aromatic carbocycles. The van der Waals surface area contributed by atoms with Crippen LogP contribution >= 0.6 is 0 Å². The van der Waals surface area contributed by atoms with E-state index in [1.807, 2.05) is 18.2 Å². The van der Waals surface area contributed by atoms with Crippen LogP contribution in [0.15, 0.2) is 18.2 Å². The van der Waals surface area contributed by atoms with E-state index in [1.165, 1.54) is 0 Å². The molecule has 1 fully saturated rings. The third-order valence-electron chi connectivity index (χ3n) is 2.24. The summed E-state index contributed by atoms with van der Waals surface area (Å²) in [5, 5.41) is 9.85. The fourth-order valence-corrected chi connectivity index (χ4v) is 1.42. The van der Waals surface area contributed by atoms with Crippen molar-refractivity contribution < 1.29 is 9.94 Å². The van der Waals surface area contributed by atoms with Gasteiger partial charge in [-0.25, -0.2) is 0 Å². The van der Waals surface area contributed by atoms with E-state index in [-0.39, 0.29) is 6.23 Å². The van der Waals surface area contributed by atoms with Crippen LogP contribution in [0.25, 0.3) is 0 Å². The Morgan fingerprint density at radius 3 is 2.69 bits per heavy atom. The molecule has 0 amide bonds. The van der Waals surface area contributed by atoms with Crippen molar-refractivity contribution in [2.24, 2.45) is 0 Å². The third kappa shape index (κ3) is 1.53. The molecule has 2 N–H and O–H groups in total. The molecule has 0 aliphatic carbocycles. The van der Waals surface area contributed by atoms with Crippen LogP contribution in [-0.2, 0) is 4.84 Å². The SMILES string of the molecule is CC(C)c1cccc(C2NO2)c1O. The second-order valence-corrected chi connectivity index (χ2v) is 3.56. The molecule has 1 unspecified atom stereocenters. The van der Waals surface area contributed by atoms with Gasteiger partial charge in [0.25, 0.3) is 0 Å². The number of nitrogens with one attached hydrogen (secondary N) is 1. The summed E-state index contributed by atoms with van der Waals surface area (Å²) >= 11 is 0. The van der Waals surface area contributed by atoms with E-state index in [1.54, 1.807) is 0 Å². The van der Waals surface area contributed by atoms with Crippen molar-refractivity contribution in [2.75, 3.05) is 0 Å². The highest BCUT2D eigenvalue weighted by Gasteiger charge is 2.28. The van der Waals surface area contributed by atoms with Gasteiger partial charge in [0.05, 0.1) is 0 Å². The van der Waals surface area contributed by atoms with Crippen molar-refractivity contribution >= 4 is 0 Å². The zero-order chi connectivity index (χ0) is 9.42. The Balaban J connectivity index is 2.41. The average Bonchev–Trinajstić information content (AvgIpc) is 2.87.